The van der Waals surface area contributed by atoms with Crippen molar-refractivity contribution < 1.29 is 4.39 Å². The van der Waals surface area contributed by atoms with Crippen LogP contribution in [-0.2, 0) is 5.88 Å². The molecule has 0 saturated heterocycles. The van der Waals surface area contributed by atoms with Gasteiger partial charge in [0, 0.05) is 12.1 Å². The Balaban J connectivity index is 2.34. The lowest BCUT2D eigenvalue weighted by Crippen LogP contribution is -2.09. The molecule has 0 fully saturated rings. The van der Waals surface area contributed by atoms with E-state index in [4.69, 9.17) is 11.6 Å². The molecule has 2 nitrogen and oxygen atoms in total. The largest absolute Gasteiger partial charge is 0.324 e. The summed E-state index contributed by atoms with van der Waals surface area (Å²) in [7, 11) is 0. The first kappa shape index (κ1) is 16.8. The average Bonchev–Trinajstić information content (AvgIpc) is 2.76. The molecule has 1 atom stereocenters. The van der Waals surface area contributed by atoms with Gasteiger partial charge in [-0.15, -0.1) is 11.6 Å². The van der Waals surface area contributed by atoms with Crippen LogP contribution in [-0.4, -0.2) is 9.55 Å². The highest BCUT2D eigenvalue weighted by Gasteiger charge is 2.17. The molecular weight excluding hydrogens is 355 g/mol. The Morgan fingerprint density at radius 1 is 1.29 bits per heavy atom. The third kappa shape index (κ3) is 3.78. The van der Waals surface area contributed by atoms with Gasteiger partial charge in [-0.25, -0.2) is 9.37 Å². The maximum absolute atomic E-state index is 13.8. The van der Waals surface area contributed by atoms with E-state index in [-0.39, 0.29) is 11.9 Å². The molecule has 0 spiro atoms. The zero-order valence-corrected chi connectivity index (χ0v) is 15.0. The van der Waals surface area contributed by atoms with Crippen molar-refractivity contribution in [2.75, 3.05) is 0 Å². The summed E-state index contributed by atoms with van der Waals surface area (Å²) >= 11 is 9.23. The quantitative estimate of drug-likeness (QED) is 0.561. The van der Waals surface area contributed by atoms with Gasteiger partial charge in [0.1, 0.15) is 11.6 Å². The van der Waals surface area contributed by atoms with Gasteiger partial charge in [-0.1, -0.05) is 26.7 Å². The van der Waals surface area contributed by atoms with Crippen molar-refractivity contribution in [3.63, 3.8) is 0 Å². The molecule has 1 unspecified atom stereocenters. The monoisotopic (exact) mass is 374 g/mol. The number of imidazole rings is 1. The second kappa shape index (κ2) is 7.10. The molecule has 1 heterocycles. The first-order valence-corrected chi connectivity index (χ1v) is 8.68. The lowest BCUT2D eigenvalue weighted by atomic mass is 10.0. The second-order valence-electron chi connectivity index (χ2n) is 5.96. The van der Waals surface area contributed by atoms with Gasteiger partial charge < -0.3 is 4.57 Å². The summed E-state index contributed by atoms with van der Waals surface area (Å²) in [6, 6.07) is 3.53. The molecule has 0 saturated carbocycles. The Labute approximate surface area is 138 Å². The highest BCUT2D eigenvalue weighted by atomic mass is 79.9. The number of alkyl halides is 1. The Kier molecular flexibility index (Phi) is 5.67. The lowest BCUT2D eigenvalue weighted by molar-refractivity contribution is 0.447. The summed E-state index contributed by atoms with van der Waals surface area (Å²) in [5.74, 6) is 1.58. The van der Waals surface area contributed by atoms with E-state index in [2.05, 4.69) is 46.3 Å². The lowest BCUT2D eigenvalue weighted by Gasteiger charge is -2.17. The normalized spacial score (nSPS) is 13.3. The molecule has 0 aliphatic carbocycles. The predicted molar refractivity (Wildman–Crippen MR) is 90.3 cm³/mol. The summed E-state index contributed by atoms with van der Waals surface area (Å²) in [5, 5.41) is 0. The van der Waals surface area contributed by atoms with Gasteiger partial charge in [-0.2, -0.15) is 0 Å². The fourth-order valence-electron chi connectivity index (χ4n) is 2.68. The van der Waals surface area contributed by atoms with Crippen molar-refractivity contribution in [3.05, 3.63) is 28.2 Å². The zero-order valence-electron chi connectivity index (χ0n) is 12.7. The molecule has 0 amide bonds. The minimum absolute atomic E-state index is 0.265. The first-order chi connectivity index (χ1) is 9.93. The molecule has 0 N–H and O–H groups in total. The van der Waals surface area contributed by atoms with Crippen molar-refractivity contribution >= 4 is 38.6 Å². The van der Waals surface area contributed by atoms with Gasteiger partial charge in [0.05, 0.1) is 21.4 Å². The van der Waals surface area contributed by atoms with Gasteiger partial charge in [-0.3, -0.25) is 0 Å². The molecule has 0 radical (unpaired) electrons. The van der Waals surface area contributed by atoms with E-state index >= 15 is 0 Å². The van der Waals surface area contributed by atoms with Gasteiger partial charge in [-0.05, 0) is 41.3 Å². The van der Waals surface area contributed by atoms with Crippen molar-refractivity contribution in [1.29, 1.82) is 0 Å². The first-order valence-electron chi connectivity index (χ1n) is 7.35. The summed E-state index contributed by atoms with van der Waals surface area (Å²) in [6.07, 6.45) is 3.40. The fraction of sp³-hybridized carbons (Fsp3) is 0.562. The maximum atomic E-state index is 13.8. The van der Waals surface area contributed by atoms with Crippen molar-refractivity contribution in [3.8, 4) is 0 Å². The molecule has 2 aromatic rings. The standard InChI is InChI=1S/C16H21BrClFN2/c1-10(2)5-4-6-11(3)21-15-8-13(19)12(17)7-14(15)20-16(21)9-18/h7-8,10-11H,4-6,9H2,1-3H3. The molecule has 1 aromatic heterocycles. The number of hydrogen-bond acceptors (Lipinski definition) is 1. The van der Waals surface area contributed by atoms with E-state index in [9.17, 15) is 4.39 Å². The van der Waals surface area contributed by atoms with Gasteiger partial charge in [0.15, 0.2) is 0 Å². The SMILES string of the molecule is CC(C)CCCC(C)n1c(CCl)nc2cc(Br)c(F)cc21. The van der Waals surface area contributed by atoms with Crippen LogP contribution in [0.5, 0.6) is 0 Å². The third-order valence-electron chi connectivity index (χ3n) is 3.77. The third-order valence-corrected chi connectivity index (χ3v) is 4.62. The minimum Gasteiger partial charge on any atom is -0.324 e. The highest BCUT2D eigenvalue weighted by Crippen LogP contribution is 2.29. The number of nitrogens with zero attached hydrogens (tertiary/aromatic N) is 2. The van der Waals surface area contributed by atoms with Gasteiger partial charge in [0.2, 0.25) is 0 Å². The highest BCUT2D eigenvalue weighted by molar-refractivity contribution is 9.10. The number of halogens is 3. The Morgan fingerprint density at radius 3 is 2.62 bits per heavy atom. The molecule has 0 aliphatic rings. The summed E-state index contributed by atoms with van der Waals surface area (Å²) < 4.78 is 16.4. The van der Waals surface area contributed by atoms with Crippen LogP contribution in [0.3, 0.4) is 0 Å². The molecular formula is C16H21BrClFN2. The Bertz CT molecular complexity index is 624. The Hall–Kier alpha value is -0.610. The van der Waals surface area contributed by atoms with Gasteiger partial charge in [0.25, 0.3) is 0 Å². The minimum atomic E-state index is -0.265. The molecule has 1 aromatic carbocycles. The summed E-state index contributed by atoms with van der Waals surface area (Å²) in [4.78, 5) is 4.53. The summed E-state index contributed by atoms with van der Waals surface area (Å²) in [5.41, 5.74) is 1.61. The van der Waals surface area contributed by atoms with Crippen LogP contribution in [0.4, 0.5) is 4.39 Å². The fourth-order valence-corrected chi connectivity index (χ4v) is 3.20. The van der Waals surface area contributed by atoms with Crippen LogP contribution in [0.15, 0.2) is 16.6 Å². The smallest absolute Gasteiger partial charge is 0.139 e. The topological polar surface area (TPSA) is 17.8 Å². The van der Waals surface area contributed by atoms with Crippen molar-refractivity contribution in [2.24, 2.45) is 5.92 Å². The van der Waals surface area contributed by atoms with Crippen LogP contribution in [0.2, 0.25) is 0 Å². The average molecular weight is 376 g/mol. The van der Waals surface area contributed by atoms with E-state index < -0.39 is 0 Å². The van der Waals surface area contributed by atoms with E-state index in [1.54, 1.807) is 12.1 Å². The molecule has 2 rings (SSSR count). The van der Waals surface area contributed by atoms with Crippen molar-refractivity contribution in [1.82, 2.24) is 9.55 Å². The van der Waals surface area contributed by atoms with Crippen LogP contribution in [0.25, 0.3) is 11.0 Å². The second-order valence-corrected chi connectivity index (χ2v) is 7.08. The van der Waals surface area contributed by atoms with E-state index in [1.165, 1.54) is 6.42 Å². The number of benzene rings is 1. The number of rotatable bonds is 6. The van der Waals surface area contributed by atoms with E-state index in [0.29, 0.717) is 16.3 Å². The zero-order chi connectivity index (χ0) is 15.6. The van der Waals surface area contributed by atoms with E-state index in [1.807, 2.05) is 0 Å². The van der Waals surface area contributed by atoms with Crippen LogP contribution < -0.4 is 0 Å². The Morgan fingerprint density at radius 2 is 2.00 bits per heavy atom. The molecule has 116 valence electrons. The number of hydrogen-bond donors (Lipinski definition) is 0. The summed E-state index contributed by atoms with van der Waals surface area (Å²) in [6.45, 7) is 6.61. The van der Waals surface area contributed by atoms with Crippen LogP contribution in [0, 0.1) is 11.7 Å². The molecule has 0 bridgehead atoms. The predicted octanol–water partition coefficient (Wildman–Crippen LogP) is 6.06. The van der Waals surface area contributed by atoms with E-state index in [0.717, 1.165) is 29.7 Å². The maximum Gasteiger partial charge on any atom is 0.139 e. The number of aromatic nitrogens is 2. The van der Waals surface area contributed by atoms with Crippen molar-refractivity contribution in [2.45, 2.75) is 52.0 Å². The van der Waals surface area contributed by atoms with Gasteiger partial charge >= 0.3 is 0 Å². The molecule has 21 heavy (non-hydrogen) atoms. The van der Waals surface area contributed by atoms with Crippen LogP contribution in [0.1, 0.15) is 51.9 Å². The number of fused-ring (bicyclic) bond motifs is 1. The molecule has 0 aliphatic heterocycles. The van der Waals surface area contributed by atoms with Crippen LogP contribution >= 0.6 is 27.5 Å². The molecule has 5 heteroatoms.